The predicted octanol–water partition coefficient (Wildman–Crippen LogP) is 15.7. The number of carbonyl (C=O) groups excluding carboxylic acids is 1. The number of hydrogen-bond acceptors (Lipinski definition) is 6. The van der Waals surface area contributed by atoms with Crippen LogP contribution in [-0.4, -0.2) is 75.6 Å². The van der Waals surface area contributed by atoms with Crippen molar-refractivity contribution in [2.24, 2.45) is 0 Å². The highest BCUT2D eigenvalue weighted by Crippen LogP contribution is 2.43. The highest BCUT2D eigenvalue weighted by molar-refractivity contribution is 7.47. The molecule has 0 fully saturated rings. The molecule has 2 atom stereocenters. The molecule has 0 aliphatic heterocycles. The van der Waals surface area contributed by atoms with Crippen molar-refractivity contribution in [1.82, 2.24) is 0 Å². The van der Waals surface area contributed by atoms with Crippen LogP contribution in [-0.2, 0) is 27.9 Å². The number of nitrogens with zero attached hydrogens (tertiary/aromatic N) is 1. The van der Waals surface area contributed by atoms with Crippen LogP contribution in [0.3, 0.4) is 0 Å². The number of carbonyl (C=O) groups is 1. The van der Waals surface area contributed by atoms with Gasteiger partial charge in [0.1, 0.15) is 19.3 Å². The van der Waals surface area contributed by atoms with Gasteiger partial charge in [0.2, 0.25) is 0 Å². The number of unbranched alkanes of at least 4 members (excludes halogenated alkanes) is 11. The number of ether oxygens (including phenoxy) is 2. The highest BCUT2D eigenvalue weighted by atomic mass is 31.2. The molecular weight excluding hydrogens is 830 g/mol. The van der Waals surface area contributed by atoms with Gasteiger partial charge in [0.15, 0.2) is 0 Å². The number of phosphoric ester groups is 1. The summed E-state index contributed by atoms with van der Waals surface area (Å²) < 4.78 is 35.1. The van der Waals surface area contributed by atoms with Crippen LogP contribution < -0.4 is 0 Å². The highest BCUT2D eigenvalue weighted by Gasteiger charge is 2.26. The normalized spacial score (nSPS) is 14.6. The summed E-state index contributed by atoms with van der Waals surface area (Å²) >= 11 is 0. The quantitative estimate of drug-likeness (QED) is 0.0214. The van der Waals surface area contributed by atoms with E-state index >= 15 is 0 Å². The van der Waals surface area contributed by atoms with E-state index in [1.54, 1.807) is 0 Å². The molecule has 0 rings (SSSR count). The maximum Gasteiger partial charge on any atom is 0.472 e. The number of esters is 1. The lowest BCUT2D eigenvalue weighted by atomic mass is 10.1. The summed E-state index contributed by atoms with van der Waals surface area (Å²) in [6.07, 6.45) is 68.2. The topological polar surface area (TPSA) is 91.3 Å². The van der Waals surface area contributed by atoms with Crippen molar-refractivity contribution in [3.8, 4) is 0 Å². The first-order chi connectivity index (χ1) is 31.6. The second kappa shape index (κ2) is 47.4. The molecule has 0 saturated carbocycles. The van der Waals surface area contributed by atoms with Crippen molar-refractivity contribution >= 4 is 13.8 Å². The minimum absolute atomic E-state index is 0.0723. The number of allylic oxidation sites excluding steroid dienone is 20. The van der Waals surface area contributed by atoms with Crippen molar-refractivity contribution < 1.29 is 37.3 Å². The van der Waals surface area contributed by atoms with Gasteiger partial charge in [-0.25, -0.2) is 4.57 Å². The van der Waals surface area contributed by atoms with Gasteiger partial charge in [-0.2, -0.15) is 0 Å². The van der Waals surface area contributed by atoms with E-state index in [0.29, 0.717) is 24.1 Å². The number of quaternary nitrogens is 1. The smallest absolute Gasteiger partial charge is 0.457 e. The molecular formula is C56H95NO7P+. The SMILES string of the molecule is CC/C=C\C/C=C\C/C=C\C/C=C\C/C=C\C/C=C\CCCCCOCC(COP(=O)(O)OCC[N+](C)(C)C)OC(=O)CCCCCCCCCC/C=C\C/C=C\C/C=C\C/C=C\CC. The van der Waals surface area contributed by atoms with E-state index in [0.717, 1.165) is 116 Å². The third kappa shape index (κ3) is 51.7. The van der Waals surface area contributed by atoms with Gasteiger partial charge in [0.05, 0.1) is 34.4 Å². The van der Waals surface area contributed by atoms with Crippen LogP contribution in [0.25, 0.3) is 0 Å². The summed E-state index contributed by atoms with van der Waals surface area (Å²) in [5.74, 6) is -0.340. The summed E-state index contributed by atoms with van der Waals surface area (Å²) in [5.41, 5.74) is 0. The summed E-state index contributed by atoms with van der Waals surface area (Å²) in [7, 11) is 1.62. The molecule has 65 heavy (non-hydrogen) atoms. The Balaban J connectivity index is 4.28. The molecule has 1 N–H and O–H groups in total. The van der Waals surface area contributed by atoms with Crippen molar-refractivity contribution in [2.45, 2.75) is 174 Å². The lowest BCUT2D eigenvalue weighted by Gasteiger charge is -2.24. The minimum Gasteiger partial charge on any atom is -0.457 e. The number of rotatable bonds is 45. The Bertz CT molecular complexity index is 1450. The van der Waals surface area contributed by atoms with Crippen molar-refractivity contribution in [2.75, 3.05) is 54.1 Å². The average Bonchev–Trinajstić information content (AvgIpc) is 3.27. The van der Waals surface area contributed by atoms with E-state index in [-0.39, 0.29) is 25.8 Å². The first-order valence-corrected chi connectivity index (χ1v) is 26.8. The van der Waals surface area contributed by atoms with E-state index in [4.69, 9.17) is 18.5 Å². The zero-order valence-electron chi connectivity index (χ0n) is 41.9. The largest absolute Gasteiger partial charge is 0.472 e. The minimum atomic E-state index is -4.30. The molecule has 0 saturated heterocycles. The fourth-order valence-corrected chi connectivity index (χ4v) is 6.93. The summed E-state index contributed by atoms with van der Waals surface area (Å²) in [6, 6.07) is 0. The Kier molecular flexibility index (Phi) is 45.1. The summed E-state index contributed by atoms with van der Waals surface area (Å²) in [4.78, 5) is 23.0. The third-order valence-electron chi connectivity index (χ3n) is 10.0. The maximum atomic E-state index is 12.8. The Hall–Kier alpha value is -3.10. The zero-order valence-corrected chi connectivity index (χ0v) is 42.8. The maximum absolute atomic E-state index is 12.8. The molecule has 0 aromatic rings. The molecule has 0 amide bonds. The molecule has 370 valence electrons. The third-order valence-corrected chi connectivity index (χ3v) is 11.0. The van der Waals surface area contributed by atoms with Crippen LogP contribution in [0.4, 0.5) is 0 Å². The lowest BCUT2D eigenvalue weighted by molar-refractivity contribution is -0.870. The molecule has 0 aromatic carbocycles. The van der Waals surface area contributed by atoms with E-state index < -0.39 is 13.9 Å². The van der Waals surface area contributed by atoms with Crippen LogP contribution in [0.2, 0.25) is 0 Å². The van der Waals surface area contributed by atoms with Crippen LogP contribution in [0.1, 0.15) is 168 Å². The molecule has 9 heteroatoms. The fraction of sp³-hybridized carbons (Fsp3) is 0.625. The molecule has 0 aliphatic carbocycles. The first-order valence-electron chi connectivity index (χ1n) is 25.3. The van der Waals surface area contributed by atoms with Gasteiger partial charge in [-0.1, -0.05) is 180 Å². The molecule has 2 unspecified atom stereocenters. The Morgan fingerprint density at radius 3 is 1.26 bits per heavy atom. The van der Waals surface area contributed by atoms with Crippen LogP contribution in [0.15, 0.2) is 122 Å². The van der Waals surface area contributed by atoms with Crippen molar-refractivity contribution in [3.63, 3.8) is 0 Å². The molecule has 0 aliphatic rings. The van der Waals surface area contributed by atoms with Crippen LogP contribution >= 0.6 is 7.82 Å². The molecule has 0 heterocycles. The van der Waals surface area contributed by atoms with Gasteiger partial charge in [0, 0.05) is 13.0 Å². The second-order valence-electron chi connectivity index (χ2n) is 17.4. The van der Waals surface area contributed by atoms with Crippen LogP contribution in [0, 0.1) is 0 Å². The summed E-state index contributed by atoms with van der Waals surface area (Å²) in [6.45, 7) is 5.27. The summed E-state index contributed by atoms with van der Waals surface area (Å²) in [5, 5.41) is 0. The number of phosphoric acid groups is 1. The van der Waals surface area contributed by atoms with Gasteiger partial charge in [0.25, 0.3) is 0 Å². The fourth-order valence-electron chi connectivity index (χ4n) is 6.19. The van der Waals surface area contributed by atoms with Gasteiger partial charge in [-0.05, 0) is 103 Å². The lowest BCUT2D eigenvalue weighted by Crippen LogP contribution is -2.37. The molecule has 0 aromatic heterocycles. The first kappa shape index (κ1) is 61.9. The van der Waals surface area contributed by atoms with Gasteiger partial charge >= 0.3 is 13.8 Å². The number of hydrogen-bond donors (Lipinski definition) is 1. The number of likely N-dealkylation sites (N-methyl/N-ethyl adjacent to an activating group) is 1. The average molecular weight is 925 g/mol. The van der Waals surface area contributed by atoms with E-state index in [9.17, 15) is 14.3 Å². The molecule has 0 bridgehead atoms. The van der Waals surface area contributed by atoms with E-state index in [1.807, 2.05) is 21.1 Å². The molecule has 0 radical (unpaired) electrons. The van der Waals surface area contributed by atoms with E-state index in [2.05, 4.69) is 135 Å². The Morgan fingerprint density at radius 2 is 0.846 bits per heavy atom. The predicted molar refractivity (Wildman–Crippen MR) is 279 cm³/mol. The van der Waals surface area contributed by atoms with Crippen molar-refractivity contribution in [3.05, 3.63) is 122 Å². The van der Waals surface area contributed by atoms with E-state index in [1.165, 1.54) is 32.1 Å². The van der Waals surface area contributed by atoms with Gasteiger partial charge in [-0.3, -0.25) is 13.8 Å². The Labute approximate surface area is 399 Å². The van der Waals surface area contributed by atoms with Gasteiger partial charge < -0.3 is 18.9 Å². The van der Waals surface area contributed by atoms with Gasteiger partial charge in [-0.15, -0.1) is 0 Å². The van der Waals surface area contributed by atoms with Crippen molar-refractivity contribution in [1.29, 1.82) is 0 Å². The molecule has 8 nitrogen and oxygen atoms in total. The monoisotopic (exact) mass is 925 g/mol. The van der Waals surface area contributed by atoms with Crippen LogP contribution in [0.5, 0.6) is 0 Å². The Morgan fingerprint density at radius 1 is 0.477 bits per heavy atom. The second-order valence-corrected chi connectivity index (χ2v) is 18.9. The zero-order chi connectivity index (χ0) is 47.6. The standard InChI is InChI=1S/C56H94NO7P/c1-6-8-10-12-14-16-18-20-22-24-26-28-30-32-34-36-38-40-42-44-46-48-51-61-53-55(54-63-65(59,60)62-52-50-57(3,4)5)64-56(58)49-47-45-43-41-39-37-35-33-31-29-27-25-23-21-19-17-15-13-11-9-7-2/h8-11,14-17,20-23,26-29,32,34,38,40,55H,6-7,12-13,18-19,24-25,30-31,33,35-37,39,41-54H2,1-5H3/p+1/b10-8-,11-9-,16-14-,17-15-,22-20-,23-21-,28-26-,29-27-,34-32-,40-38-. The molecule has 0 spiro atoms.